The molecular formula is C24H27N3O5. The minimum atomic E-state index is -0.703. The number of carbonyl (C=O) groups excluding carboxylic acids is 2. The highest BCUT2D eigenvalue weighted by atomic mass is 16.7. The van der Waals surface area contributed by atoms with E-state index < -0.39 is 17.7 Å². The standard InChI is InChI=1S/C24H27N3O5/c1-3-26(4-2)11-6-12-27-21(17-7-5-10-25-14-17)20(23(29)24(27)30)22(28)16-8-9-18-19(13-16)32-15-31-18/h5,7-10,13-14,21,28H,3-4,6,11-12,15H2,1-2H3. The molecule has 4 rings (SSSR count). The van der Waals surface area contributed by atoms with Crippen LogP contribution in [-0.4, -0.2) is 64.6 Å². The molecule has 0 spiro atoms. The second kappa shape index (κ2) is 9.40. The van der Waals surface area contributed by atoms with Gasteiger partial charge in [0.25, 0.3) is 11.7 Å². The number of likely N-dealkylation sites (tertiary alicyclic amines) is 1. The van der Waals surface area contributed by atoms with E-state index in [2.05, 4.69) is 23.7 Å². The maximum absolute atomic E-state index is 13.1. The van der Waals surface area contributed by atoms with E-state index >= 15 is 0 Å². The summed E-state index contributed by atoms with van der Waals surface area (Å²) in [6.45, 7) is 7.35. The van der Waals surface area contributed by atoms with Gasteiger partial charge in [0, 0.05) is 24.5 Å². The summed E-state index contributed by atoms with van der Waals surface area (Å²) in [5.41, 5.74) is 1.13. The Kier molecular flexibility index (Phi) is 6.41. The number of hydrogen-bond donors (Lipinski definition) is 1. The van der Waals surface area contributed by atoms with Gasteiger partial charge in [-0.25, -0.2) is 0 Å². The molecule has 1 fully saturated rings. The Hall–Kier alpha value is -3.39. The van der Waals surface area contributed by atoms with Crippen molar-refractivity contribution in [2.45, 2.75) is 26.3 Å². The van der Waals surface area contributed by atoms with E-state index in [9.17, 15) is 14.7 Å². The molecule has 2 aliphatic heterocycles. The number of pyridine rings is 1. The van der Waals surface area contributed by atoms with Gasteiger partial charge in [0.2, 0.25) is 6.79 Å². The minimum Gasteiger partial charge on any atom is -0.507 e. The first-order valence-electron chi connectivity index (χ1n) is 10.9. The number of benzene rings is 1. The third-order valence-electron chi connectivity index (χ3n) is 5.95. The normalized spacial score (nSPS) is 19.2. The van der Waals surface area contributed by atoms with Crippen molar-refractivity contribution in [2.24, 2.45) is 0 Å². The summed E-state index contributed by atoms with van der Waals surface area (Å²) >= 11 is 0. The van der Waals surface area contributed by atoms with E-state index in [0.29, 0.717) is 29.2 Å². The Morgan fingerprint density at radius 1 is 1.19 bits per heavy atom. The van der Waals surface area contributed by atoms with Crippen molar-refractivity contribution in [2.75, 3.05) is 33.0 Å². The third-order valence-corrected chi connectivity index (χ3v) is 5.95. The molecule has 8 heteroatoms. The van der Waals surface area contributed by atoms with Gasteiger partial charge in [0.1, 0.15) is 5.76 Å². The molecule has 168 valence electrons. The third kappa shape index (κ3) is 4.05. The monoisotopic (exact) mass is 437 g/mol. The van der Waals surface area contributed by atoms with Gasteiger partial charge in [-0.15, -0.1) is 0 Å². The lowest BCUT2D eigenvalue weighted by Gasteiger charge is -2.26. The Morgan fingerprint density at radius 3 is 2.69 bits per heavy atom. The molecule has 1 aromatic heterocycles. The number of ketones is 1. The van der Waals surface area contributed by atoms with Crippen LogP contribution in [0.4, 0.5) is 0 Å². The molecule has 8 nitrogen and oxygen atoms in total. The molecule has 1 N–H and O–H groups in total. The van der Waals surface area contributed by atoms with Gasteiger partial charge in [-0.05, 0) is 55.9 Å². The molecule has 1 atom stereocenters. The number of fused-ring (bicyclic) bond motifs is 1. The molecule has 1 aromatic carbocycles. The van der Waals surface area contributed by atoms with E-state index in [-0.39, 0.29) is 18.1 Å². The zero-order chi connectivity index (χ0) is 22.7. The average Bonchev–Trinajstić information content (AvgIpc) is 3.39. The number of aromatic nitrogens is 1. The number of hydrogen-bond acceptors (Lipinski definition) is 7. The molecule has 3 heterocycles. The highest BCUT2D eigenvalue weighted by Gasteiger charge is 2.46. The number of carbonyl (C=O) groups is 2. The first-order chi connectivity index (χ1) is 15.5. The summed E-state index contributed by atoms with van der Waals surface area (Å²) in [5.74, 6) is -0.484. The summed E-state index contributed by atoms with van der Waals surface area (Å²) in [6.07, 6.45) is 3.98. The molecule has 1 amide bonds. The van der Waals surface area contributed by atoms with Crippen molar-refractivity contribution >= 4 is 17.4 Å². The Bertz CT molecular complexity index is 1030. The van der Waals surface area contributed by atoms with Crippen molar-refractivity contribution in [3.63, 3.8) is 0 Å². The topological polar surface area (TPSA) is 92.2 Å². The van der Waals surface area contributed by atoms with E-state index in [4.69, 9.17) is 9.47 Å². The number of aliphatic hydroxyl groups excluding tert-OH is 1. The molecule has 1 unspecified atom stereocenters. The Labute approximate surface area is 187 Å². The molecular weight excluding hydrogens is 410 g/mol. The molecule has 0 aliphatic carbocycles. The first kappa shape index (κ1) is 21.8. The van der Waals surface area contributed by atoms with Crippen LogP contribution in [0.15, 0.2) is 48.3 Å². The number of aliphatic hydroxyl groups is 1. The van der Waals surface area contributed by atoms with Crippen molar-refractivity contribution in [1.29, 1.82) is 0 Å². The van der Waals surface area contributed by atoms with Gasteiger partial charge in [0.05, 0.1) is 11.6 Å². The Balaban J connectivity index is 1.71. The van der Waals surface area contributed by atoms with Crippen LogP contribution in [0.1, 0.15) is 37.4 Å². The number of amides is 1. The fraction of sp³-hybridized carbons (Fsp3) is 0.375. The second-order valence-corrected chi connectivity index (χ2v) is 7.73. The van der Waals surface area contributed by atoms with Crippen molar-refractivity contribution < 1.29 is 24.2 Å². The van der Waals surface area contributed by atoms with Crippen LogP contribution in [0.5, 0.6) is 11.5 Å². The van der Waals surface area contributed by atoms with Crippen molar-refractivity contribution in [1.82, 2.24) is 14.8 Å². The zero-order valence-electron chi connectivity index (χ0n) is 18.3. The maximum Gasteiger partial charge on any atom is 0.295 e. The maximum atomic E-state index is 13.1. The van der Waals surface area contributed by atoms with Gasteiger partial charge in [-0.1, -0.05) is 19.9 Å². The molecule has 0 radical (unpaired) electrons. The van der Waals surface area contributed by atoms with Crippen LogP contribution in [0.2, 0.25) is 0 Å². The van der Waals surface area contributed by atoms with E-state index in [1.165, 1.54) is 0 Å². The van der Waals surface area contributed by atoms with Crippen LogP contribution in [-0.2, 0) is 9.59 Å². The van der Waals surface area contributed by atoms with Gasteiger partial charge in [-0.2, -0.15) is 0 Å². The van der Waals surface area contributed by atoms with Crippen LogP contribution < -0.4 is 9.47 Å². The summed E-state index contributed by atoms with van der Waals surface area (Å²) in [4.78, 5) is 34.0. The SMILES string of the molecule is CCN(CC)CCCN1C(=O)C(=O)C(=C(O)c2ccc3c(c2)OCO3)C1c1cccnc1. The summed E-state index contributed by atoms with van der Waals surface area (Å²) < 4.78 is 10.7. The lowest BCUT2D eigenvalue weighted by atomic mass is 9.96. The second-order valence-electron chi connectivity index (χ2n) is 7.73. The number of ether oxygens (including phenoxy) is 2. The average molecular weight is 437 g/mol. The number of nitrogens with zero attached hydrogens (tertiary/aromatic N) is 3. The largest absolute Gasteiger partial charge is 0.507 e. The summed E-state index contributed by atoms with van der Waals surface area (Å²) in [6, 6.07) is 7.81. The number of rotatable bonds is 8. The minimum absolute atomic E-state index is 0.0599. The molecule has 1 saturated heterocycles. The number of Topliss-reactive ketones (excluding diaryl/α,β-unsaturated/α-hetero) is 1. The fourth-order valence-electron chi connectivity index (χ4n) is 4.20. The van der Waals surface area contributed by atoms with Crippen LogP contribution in [0, 0.1) is 0 Å². The molecule has 2 aromatic rings. The van der Waals surface area contributed by atoms with Crippen molar-refractivity contribution in [3.8, 4) is 11.5 Å². The molecule has 0 saturated carbocycles. The summed E-state index contributed by atoms with van der Waals surface area (Å²) in [5, 5.41) is 11.1. The van der Waals surface area contributed by atoms with Crippen LogP contribution in [0.3, 0.4) is 0 Å². The first-order valence-corrected chi connectivity index (χ1v) is 10.9. The predicted octanol–water partition coefficient (Wildman–Crippen LogP) is 2.96. The highest BCUT2D eigenvalue weighted by Crippen LogP contribution is 2.41. The van der Waals surface area contributed by atoms with Crippen LogP contribution in [0.25, 0.3) is 5.76 Å². The molecule has 2 aliphatic rings. The Morgan fingerprint density at radius 2 is 1.97 bits per heavy atom. The lowest BCUT2D eigenvalue weighted by molar-refractivity contribution is -0.140. The van der Waals surface area contributed by atoms with Gasteiger partial charge < -0.3 is 24.4 Å². The smallest absolute Gasteiger partial charge is 0.295 e. The van der Waals surface area contributed by atoms with Gasteiger partial charge >= 0.3 is 0 Å². The van der Waals surface area contributed by atoms with Crippen LogP contribution >= 0.6 is 0 Å². The molecule has 32 heavy (non-hydrogen) atoms. The van der Waals surface area contributed by atoms with Gasteiger partial charge in [-0.3, -0.25) is 14.6 Å². The lowest BCUT2D eigenvalue weighted by Crippen LogP contribution is -2.33. The fourth-order valence-corrected chi connectivity index (χ4v) is 4.20. The van der Waals surface area contributed by atoms with Gasteiger partial charge in [0.15, 0.2) is 11.5 Å². The zero-order valence-corrected chi connectivity index (χ0v) is 18.3. The van der Waals surface area contributed by atoms with Crippen molar-refractivity contribution in [3.05, 3.63) is 59.4 Å². The highest BCUT2D eigenvalue weighted by molar-refractivity contribution is 6.46. The molecule has 0 bridgehead atoms. The van der Waals surface area contributed by atoms with E-state index in [1.807, 2.05) is 6.07 Å². The van der Waals surface area contributed by atoms with E-state index in [1.54, 1.807) is 41.6 Å². The quantitative estimate of drug-likeness (QED) is 0.386. The predicted molar refractivity (Wildman–Crippen MR) is 118 cm³/mol. The summed E-state index contributed by atoms with van der Waals surface area (Å²) in [7, 11) is 0. The van der Waals surface area contributed by atoms with E-state index in [0.717, 1.165) is 26.1 Å².